The molecule has 0 bridgehead atoms. The summed E-state index contributed by atoms with van der Waals surface area (Å²) in [5.74, 6) is -2.08. The number of piperidine rings is 1. The molecule has 0 aromatic carbocycles. The van der Waals surface area contributed by atoms with E-state index < -0.39 is 11.9 Å². The Bertz CT molecular complexity index is 561. The molecular formula is C15H19N3O4. The van der Waals surface area contributed by atoms with E-state index in [-0.39, 0.29) is 24.4 Å². The molecule has 7 nitrogen and oxygen atoms in total. The molecule has 0 unspecified atom stereocenters. The van der Waals surface area contributed by atoms with Crippen molar-refractivity contribution in [2.75, 3.05) is 13.1 Å². The van der Waals surface area contributed by atoms with E-state index in [1.165, 1.54) is 11.1 Å². The summed E-state index contributed by atoms with van der Waals surface area (Å²) in [6, 6.07) is 2.88. The maximum absolute atomic E-state index is 12.2. The normalized spacial score (nSPS) is 21.2. The fraction of sp³-hybridized carbons (Fsp3) is 0.467. The van der Waals surface area contributed by atoms with E-state index in [1.54, 1.807) is 25.3 Å². The van der Waals surface area contributed by atoms with Crippen molar-refractivity contribution >= 4 is 17.8 Å². The lowest BCUT2D eigenvalue weighted by molar-refractivity contribution is -0.148. The standard InChI is InChI=1S/C15H19N3O4/c1-10-12(15(21)22)5-3-7-18(10)13(19)9-17-14(20)11-4-2-6-16-8-11/h2,4,6,8,10,12H,3,5,7,9H2,1H3,(H,17,20)(H,21,22)/t10-,12-/m1/s1. The number of pyridine rings is 1. The molecule has 2 atom stereocenters. The fourth-order valence-corrected chi connectivity index (χ4v) is 2.68. The second-order valence-corrected chi connectivity index (χ2v) is 5.34. The van der Waals surface area contributed by atoms with E-state index in [2.05, 4.69) is 10.3 Å². The summed E-state index contributed by atoms with van der Waals surface area (Å²) in [5, 5.41) is 11.7. The van der Waals surface area contributed by atoms with E-state index in [1.807, 2.05) is 0 Å². The lowest BCUT2D eigenvalue weighted by Gasteiger charge is -2.37. The van der Waals surface area contributed by atoms with Crippen LogP contribution in [0.4, 0.5) is 0 Å². The van der Waals surface area contributed by atoms with Crippen LogP contribution in [-0.4, -0.2) is 51.9 Å². The van der Waals surface area contributed by atoms with E-state index in [0.717, 1.165) is 0 Å². The number of carboxylic acid groups (broad SMARTS) is 1. The number of nitrogens with zero attached hydrogens (tertiary/aromatic N) is 2. The Kier molecular flexibility index (Phi) is 5.08. The van der Waals surface area contributed by atoms with Crippen LogP contribution in [0, 0.1) is 5.92 Å². The molecule has 7 heteroatoms. The van der Waals surface area contributed by atoms with Gasteiger partial charge in [-0.3, -0.25) is 19.4 Å². The number of hydrogen-bond acceptors (Lipinski definition) is 4. The summed E-state index contributed by atoms with van der Waals surface area (Å²) in [4.78, 5) is 40.6. The van der Waals surface area contributed by atoms with Gasteiger partial charge in [0.05, 0.1) is 18.0 Å². The Labute approximate surface area is 128 Å². The van der Waals surface area contributed by atoms with Gasteiger partial charge in [0.2, 0.25) is 5.91 Å². The number of nitrogens with one attached hydrogen (secondary N) is 1. The average Bonchev–Trinajstić information content (AvgIpc) is 2.53. The summed E-state index contributed by atoms with van der Waals surface area (Å²) >= 11 is 0. The van der Waals surface area contributed by atoms with Crippen molar-refractivity contribution < 1.29 is 19.5 Å². The maximum atomic E-state index is 12.2. The number of aliphatic carboxylic acids is 1. The molecule has 1 saturated heterocycles. The first-order valence-electron chi connectivity index (χ1n) is 7.21. The van der Waals surface area contributed by atoms with Crippen LogP contribution in [0.25, 0.3) is 0 Å². The number of likely N-dealkylation sites (tertiary alicyclic amines) is 1. The molecule has 1 aliphatic heterocycles. The number of rotatable bonds is 4. The Hall–Kier alpha value is -2.44. The zero-order chi connectivity index (χ0) is 16.1. The van der Waals surface area contributed by atoms with Gasteiger partial charge in [-0.15, -0.1) is 0 Å². The van der Waals surface area contributed by atoms with Crippen molar-refractivity contribution in [2.45, 2.75) is 25.8 Å². The molecule has 118 valence electrons. The van der Waals surface area contributed by atoms with Crippen LogP contribution in [-0.2, 0) is 9.59 Å². The fourth-order valence-electron chi connectivity index (χ4n) is 2.68. The van der Waals surface area contributed by atoms with Gasteiger partial charge in [-0.2, -0.15) is 0 Å². The highest BCUT2D eigenvalue weighted by atomic mass is 16.4. The maximum Gasteiger partial charge on any atom is 0.308 e. The van der Waals surface area contributed by atoms with Crippen molar-refractivity contribution in [3.63, 3.8) is 0 Å². The van der Waals surface area contributed by atoms with Crippen LogP contribution in [0.3, 0.4) is 0 Å². The monoisotopic (exact) mass is 305 g/mol. The number of carbonyl (C=O) groups is 3. The summed E-state index contributed by atoms with van der Waals surface area (Å²) in [5.41, 5.74) is 0.380. The highest BCUT2D eigenvalue weighted by molar-refractivity contribution is 5.96. The summed E-state index contributed by atoms with van der Waals surface area (Å²) < 4.78 is 0. The number of carboxylic acids is 1. The van der Waals surface area contributed by atoms with Gasteiger partial charge >= 0.3 is 5.97 Å². The van der Waals surface area contributed by atoms with Crippen LogP contribution in [0.1, 0.15) is 30.1 Å². The molecule has 1 fully saturated rings. The Balaban J connectivity index is 1.92. The highest BCUT2D eigenvalue weighted by Gasteiger charge is 2.35. The number of hydrogen-bond donors (Lipinski definition) is 2. The molecule has 2 amide bonds. The Morgan fingerprint density at radius 3 is 2.86 bits per heavy atom. The van der Waals surface area contributed by atoms with Crippen molar-refractivity contribution in [3.05, 3.63) is 30.1 Å². The third-order valence-corrected chi connectivity index (χ3v) is 3.95. The molecular weight excluding hydrogens is 286 g/mol. The van der Waals surface area contributed by atoms with Gasteiger partial charge in [0.1, 0.15) is 0 Å². The topological polar surface area (TPSA) is 99.6 Å². The molecule has 1 aromatic rings. The quantitative estimate of drug-likeness (QED) is 0.845. The minimum atomic E-state index is -0.885. The van der Waals surface area contributed by atoms with Gasteiger partial charge in [-0.05, 0) is 31.9 Å². The second kappa shape index (κ2) is 7.02. The first kappa shape index (κ1) is 15.9. The molecule has 2 rings (SSSR count). The molecule has 0 radical (unpaired) electrons. The molecule has 2 N–H and O–H groups in total. The largest absolute Gasteiger partial charge is 0.481 e. The summed E-state index contributed by atoms with van der Waals surface area (Å²) in [6.45, 7) is 2.11. The van der Waals surface area contributed by atoms with Crippen LogP contribution < -0.4 is 5.32 Å². The van der Waals surface area contributed by atoms with Gasteiger partial charge in [0, 0.05) is 25.0 Å². The van der Waals surface area contributed by atoms with E-state index >= 15 is 0 Å². The summed E-state index contributed by atoms with van der Waals surface area (Å²) in [7, 11) is 0. The van der Waals surface area contributed by atoms with Crippen molar-refractivity contribution in [1.29, 1.82) is 0 Å². The zero-order valence-corrected chi connectivity index (χ0v) is 12.4. The first-order chi connectivity index (χ1) is 10.5. The molecule has 0 aliphatic carbocycles. The molecule has 2 heterocycles. The second-order valence-electron chi connectivity index (χ2n) is 5.34. The smallest absolute Gasteiger partial charge is 0.308 e. The predicted molar refractivity (Wildman–Crippen MR) is 78.1 cm³/mol. The van der Waals surface area contributed by atoms with Gasteiger partial charge in [-0.1, -0.05) is 0 Å². The van der Waals surface area contributed by atoms with E-state index in [4.69, 9.17) is 5.11 Å². The minimum absolute atomic E-state index is 0.148. The van der Waals surface area contributed by atoms with E-state index in [0.29, 0.717) is 24.9 Å². The van der Waals surface area contributed by atoms with Gasteiger partial charge in [-0.25, -0.2) is 0 Å². The lowest BCUT2D eigenvalue weighted by atomic mass is 9.90. The third-order valence-electron chi connectivity index (χ3n) is 3.95. The van der Waals surface area contributed by atoms with Crippen molar-refractivity contribution in [2.24, 2.45) is 5.92 Å². The van der Waals surface area contributed by atoms with Crippen LogP contribution >= 0.6 is 0 Å². The highest BCUT2D eigenvalue weighted by Crippen LogP contribution is 2.23. The number of amides is 2. The van der Waals surface area contributed by atoms with Crippen molar-refractivity contribution in [1.82, 2.24) is 15.2 Å². The van der Waals surface area contributed by atoms with Crippen molar-refractivity contribution in [3.8, 4) is 0 Å². The zero-order valence-electron chi connectivity index (χ0n) is 12.4. The summed E-state index contributed by atoms with van der Waals surface area (Å²) in [6.07, 6.45) is 4.21. The Morgan fingerprint density at radius 1 is 1.45 bits per heavy atom. The average molecular weight is 305 g/mol. The Morgan fingerprint density at radius 2 is 2.23 bits per heavy atom. The third kappa shape index (κ3) is 3.60. The van der Waals surface area contributed by atoms with E-state index in [9.17, 15) is 14.4 Å². The van der Waals surface area contributed by atoms with Crippen LogP contribution in [0.2, 0.25) is 0 Å². The minimum Gasteiger partial charge on any atom is -0.481 e. The van der Waals surface area contributed by atoms with Gasteiger partial charge in [0.25, 0.3) is 5.91 Å². The lowest BCUT2D eigenvalue weighted by Crippen LogP contribution is -2.51. The number of carbonyl (C=O) groups excluding carboxylic acids is 2. The van der Waals surface area contributed by atoms with Gasteiger partial charge in [0.15, 0.2) is 0 Å². The SMILES string of the molecule is C[C@@H]1[C@H](C(=O)O)CCCN1C(=O)CNC(=O)c1cccnc1. The number of aromatic nitrogens is 1. The van der Waals surface area contributed by atoms with Crippen LogP contribution in [0.15, 0.2) is 24.5 Å². The molecule has 1 aromatic heterocycles. The predicted octanol–water partition coefficient (Wildman–Crippen LogP) is 0.523. The first-order valence-corrected chi connectivity index (χ1v) is 7.21. The molecule has 0 spiro atoms. The molecule has 0 saturated carbocycles. The van der Waals surface area contributed by atoms with Crippen LogP contribution in [0.5, 0.6) is 0 Å². The molecule has 22 heavy (non-hydrogen) atoms. The molecule has 1 aliphatic rings. The van der Waals surface area contributed by atoms with Gasteiger partial charge < -0.3 is 15.3 Å².